The number of carboxylic acids is 1. The average Bonchev–Trinajstić information content (AvgIpc) is 2.75. The number of aromatic carboxylic acids is 1. The van der Waals surface area contributed by atoms with Crippen LogP contribution in [0.15, 0.2) is 72.9 Å². The number of pyridine rings is 1. The third-order valence-electron chi connectivity index (χ3n) is 4.42. The highest BCUT2D eigenvalue weighted by molar-refractivity contribution is 5.94. The number of hydrogen-bond donors (Lipinski definition) is 1. The van der Waals surface area contributed by atoms with Gasteiger partial charge in [0.15, 0.2) is 11.6 Å². The second-order valence-electron chi connectivity index (χ2n) is 6.46. The molecule has 1 heterocycles. The zero-order valence-electron chi connectivity index (χ0n) is 15.5. The van der Waals surface area contributed by atoms with E-state index in [4.69, 9.17) is 14.6 Å². The molecule has 0 fully saturated rings. The topological polar surface area (TPSA) is 68.7 Å². The van der Waals surface area contributed by atoms with Crippen molar-refractivity contribution in [3.63, 3.8) is 0 Å². The summed E-state index contributed by atoms with van der Waals surface area (Å²) in [4.78, 5) is 15.2. The lowest BCUT2D eigenvalue weighted by Gasteiger charge is -2.09. The van der Waals surface area contributed by atoms with E-state index in [1.165, 1.54) is 24.4 Å². The molecule has 0 amide bonds. The molecule has 0 aliphatic heterocycles. The largest absolute Gasteiger partial charge is 0.487 e. The van der Waals surface area contributed by atoms with Crippen LogP contribution in [0.4, 0.5) is 8.78 Å². The van der Waals surface area contributed by atoms with Gasteiger partial charge in [-0.15, -0.1) is 0 Å². The summed E-state index contributed by atoms with van der Waals surface area (Å²) < 4.78 is 38.1. The predicted molar refractivity (Wildman–Crippen MR) is 106 cm³/mol. The first-order valence-corrected chi connectivity index (χ1v) is 8.96. The minimum absolute atomic E-state index is 0.109. The predicted octanol–water partition coefficient (Wildman–Crippen LogP) is 5.58. The molecule has 0 saturated heterocycles. The Morgan fingerprint density at radius 1 is 0.933 bits per heavy atom. The van der Waals surface area contributed by atoms with Gasteiger partial charge in [0.05, 0.1) is 11.8 Å². The van der Waals surface area contributed by atoms with Gasteiger partial charge in [0.2, 0.25) is 5.88 Å². The van der Waals surface area contributed by atoms with Crippen LogP contribution in [-0.4, -0.2) is 16.1 Å². The molecule has 4 aromatic rings. The Morgan fingerprint density at radius 2 is 1.70 bits per heavy atom. The van der Waals surface area contributed by atoms with Gasteiger partial charge >= 0.3 is 5.97 Å². The van der Waals surface area contributed by atoms with Gasteiger partial charge < -0.3 is 14.6 Å². The van der Waals surface area contributed by atoms with Gasteiger partial charge in [-0.05, 0) is 47.2 Å². The summed E-state index contributed by atoms with van der Waals surface area (Å²) in [6.07, 6.45) is 1.42. The maximum absolute atomic E-state index is 13.7. The summed E-state index contributed by atoms with van der Waals surface area (Å²) >= 11 is 0. The van der Waals surface area contributed by atoms with Crippen molar-refractivity contribution in [2.75, 3.05) is 0 Å². The fourth-order valence-corrected chi connectivity index (χ4v) is 2.87. The Morgan fingerprint density at radius 3 is 2.47 bits per heavy atom. The van der Waals surface area contributed by atoms with Gasteiger partial charge in [0.25, 0.3) is 0 Å². The number of carbonyl (C=O) groups is 1. The molecule has 0 unspecified atom stereocenters. The fraction of sp³-hybridized carbons (Fsp3) is 0.0435. The van der Waals surface area contributed by atoms with Crippen molar-refractivity contribution >= 4 is 16.7 Å². The van der Waals surface area contributed by atoms with Crippen molar-refractivity contribution in [3.8, 4) is 17.4 Å². The lowest BCUT2D eigenvalue weighted by Crippen LogP contribution is -2.00. The van der Waals surface area contributed by atoms with Gasteiger partial charge in [-0.25, -0.2) is 18.6 Å². The highest BCUT2D eigenvalue weighted by atomic mass is 19.2. The Hall–Kier alpha value is -4.00. The highest BCUT2D eigenvalue weighted by Gasteiger charge is 2.09. The summed E-state index contributed by atoms with van der Waals surface area (Å²) in [7, 11) is 0. The second kappa shape index (κ2) is 8.16. The van der Waals surface area contributed by atoms with Gasteiger partial charge in [-0.1, -0.05) is 24.3 Å². The maximum Gasteiger partial charge on any atom is 0.335 e. The van der Waals surface area contributed by atoms with Crippen molar-refractivity contribution in [2.45, 2.75) is 6.61 Å². The van der Waals surface area contributed by atoms with Crippen molar-refractivity contribution in [2.24, 2.45) is 0 Å². The lowest BCUT2D eigenvalue weighted by atomic mass is 10.1. The van der Waals surface area contributed by atoms with E-state index in [-0.39, 0.29) is 17.7 Å². The first kappa shape index (κ1) is 19.3. The summed E-state index contributed by atoms with van der Waals surface area (Å²) in [5, 5.41) is 10.7. The normalized spacial score (nSPS) is 10.7. The molecule has 150 valence electrons. The second-order valence-corrected chi connectivity index (χ2v) is 6.46. The Bertz CT molecular complexity index is 1230. The summed E-state index contributed by atoms with van der Waals surface area (Å²) in [6, 6.07) is 17.2. The number of rotatable bonds is 6. The third-order valence-corrected chi connectivity index (χ3v) is 4.42. The number of hydrogen-bond acceptors (Lipinski definition) is 4. The molecule has 0 saturated carbocycles. The van der Waals surface area contributed by atoms with E-state index in [0.29, 0.717) is 17.4 Å². The first-order chi connectivity index (χ1) is 14.5. The van der Waals surface area contributed by atoms with Crippen molar-refractivity contribution in [3.05, 3.63) is 95.7 Å². The molecule has 1 N–H and O–H groups in total. The average molecular weight is 407 g/mol. The fourth-order valence-electron chi connectivity index (χ4n) is 2.87. The van der Waals surface area contributed by atoms with Crippen molar-refractivity contribution in [1.29, 1.82) is 0 Å². The number of carboxylic acid groups (broad SMARTS) is 1. The van der Waals surface area contributed by atoms with E-state index in [0.717, 1.165) is 16.8 Å². The van der Waals surface area contributed by atoms with Crippen LogP contribution in [0.2, 0.25) is 0 Å². The molecule has 0 atom stereocenters. The van der Waals surface area contributed by atoms with Crippen LogP contribution in [-0.2, 0) is 6.61 Å². The summed E-state index contributed by atoms with van der Waals surface area (Å²) in [6.45, 7) is -0.130. The Balaban J connectivity index is 1.43. The molecule has 0 bridgehead atoms. The minimum atomic E-state index is -0.983. The van der Waals surface area contributed by atoms with Crippen molar-refractivity contribution in [1.82, 2.24) is 4.98 Å². The monoisotopic (exact) mass is 407 g/mol. The number of fused-ring (bicyclic) bond motifs is 1. The number of benzene rings is 3. The van der Waals surface area contributed by atoms with Gasteiger partial charge in [-0.3, -0.25) is 0 Å². The molecular weight excluding hydrogens is 392 g/mol. The van der Waals surface area contributed by atoms with Gasteiger partial charge in [0.1, 0.15) is 18.1 Å². The molecule has 3 aromatic carbocycles. The van der Waals surface area contributed by atoms with Crippen LogP contribution in [0, 0.1) is 11.6 Å². The minimum Gasteiger partial charge on any atom is -0.487 e. The van der Waals surface area contributed by atoms with E-state index < -0.39 is 17.6 Å². The smallest absolute Gasteiger partial charge is 0.335 e. The van der Waals surface area contributed by atoms with E-state index in [9.17, 15) is 13.6 Å². The molecule has 4 rings (SSSR count). The lowest BCUT2D eigenvalue weighted by molar-refractivity contribution is 0.0697. The summed E-state index contributed by atoms with van der Waals surface area (Å²) in [5.41, 5.74) is 0.323. The van der Waals surface area contributed by atoms with E-state index in [1.54, 1.807) is 42.5 Å². The standard InChI is InChI=1S/C23H15F2NO4/c24-20-3-1-2-17(22(20)25)13-29-19-8-9-21(26-12-19)30-18-7-6-14-10-16(23(27)28)5-4-15(14)11-18/h1-12H,13H2,(H,27,28). The molecule has 5 nitrogen and oxygen atoms in total. The van der Waals surface area contributed by atoms with Crippen LogP contribution < -0.4 is 9.47 Å². The van der Waals surface area contributed by atoms with Crippen LogP contribution >= 0.6 is 0 Å². The van der Waals surface area contributed by atoms with Gasteiger partial charge in [-0.2, -0.15) is 0 Å². The SMILES string of the molecule is O=C(O)c1ccc2cc(Oc3ccc(OCc4cccc(F)c4F)cn3)ccc2c1. The molecule has 0 aliphatic rings. The molecule has 7 heteroatoms. The third kappa shape index (κ3) is 4.20. The van der Waals surface area contributed by atoms with E-state index in [1.807, 2.05) is 0 Å². The van der Waals surface area contributed by atoms with Crippen LogP contribution in [0.25, 0.3) is 10.8 Å². The van der Waals surface area contributed by atoms with E-state index >= 15 is 0 Å². The summed E-state index contributed by atoms with van der Waals surface area (Å²) in [5.74, 6) is -1.60. The molecule has 0 spiro atoms. The van der Waals surface area contributed by atoms with Crippen molar-refractivity contribution < 1.29 is 28.2 Å². The zero-order valence-corrected chi connectivity index (χ0v) is 15.5. The van der Waals surface area contributed by atoms with E-state index in [2.05, 4.69) is 4.98 Å². The number of nitrogens with zero attached hydrogens (tertiary/aromatic N) is 1. The van der Waals surface area contributed by atoms with Gasteiger partial charge in [0, 0.05) is 11.6 Å². The first-order valence-electron chi connectivity index (χ1n) is 8.96. The quantitative estimate of drug-likeness (QED) is 0.452. The number of ether oxygens (including phenoxy) is 2. The van der Waals surface area contributed by atoms with Crippen LogP contribution in [0.5, 0.6) is 17.4 Å². The number of aromatic nitrogens is 1. The Labute approximate surface area is 170 Å². The molecule has 1 aromatic heterocycles. The molecule has 0 aliphatic carbocycles. The molecule has 30 heavy (non-hydrogen) atoms. The number of halogens is 2. The zero-order chi connectivity index (χ0) is 21.1. The Kier molecular flexibility index (Phi) is 5.26. The van der Waals surface area contributed by atoms with Crippen LogP contribution in [0.3, 0.4) is 0 Å². The van der Waals surface area contributed by atoms with Crippen LogP contribution in [0.1, 0.15) is 15.9 Å². The molecule has 0 radical (unpaired) electrons. The highest BCUT2D eigenvalue weighted by Crippen LogP contribution is 2.26. The maximum atomic E-state index is 13.7. The molecular formula is C23H15F2NO4.